The van der Waals surface area contributed by atoms with E-state index in [0.29, 0.717) is 6.61 Å². The van der Waals surface area contributed by atoms with Gasteiger partial charge in [-0.3, -0.25) is 0 Å². The molecule has 1 nitrogen and oxygen atoms in total. The average molecular weight is 229 g/mol. The van der Waals surface area contributed by atoms with E-state index in [4.69, 9.17) is 4.74 Å². The summed E-state index contributed by atoms with van der Waals surface area (Å²) in [7, 11) is 1.71. The fourth-order valence-electron chi connectivity index (χ4n) is 1.08. The molecule has 0 radical (unpaired) electrons. The van der Waals surface area contributed by atoms with E-state index < -0.39 is 0 Å². The van der Waals surface area contributed by atoms with Gasteiger partial charge in [0.05, 0.1) is 6.61 Å². The maximum Gasteiger partial charge on any atom is 0.0724 e. The summed E-state index contributed by atoms with van der Waals surface area (Å²) < 4.78 is 6.19. The zero-order valence-corrected chi connectivity index (χ0v) is 9.02. The first-order chi connectivity index (χ1) is 5.77. The van der Waals surface area contributed by atoms with Crippen molar-refractivity contribution < 1.29 is 4.74 Å². The number of halogens is 1. The van der Waals surface area contributed by atoms with Gasteiger partial charge in [-0.25, -0.2) is 0 Å². The van der Waals surface area contributed by atoms with Crippen LogP contribution in [0.15, 0.2) is 22.7 Å². The molecule has 0 saturated heterocycles. The van der Waals surface area contributed by atoms with Crippen molar-refractivity contribution in [1.82, 2.24) is 0 Å². The Labute approximate surface area is 81.9 Å². The highest BCUT2D eigenvalue weighted by Crippen LogP contribution is 2.19. The molecule has 0 spiro atoms. The number of methoxy groups -OCH3 is 1. The third-order valence-corrected chi connectivity index (χ3v) is 2.56. The molecular formula is C10H13BrO. The van der Waals surface area contributed by atoms with Crippen LogP contribution in [0, 0.1) is 0 Å². The predicted octanol–water partition coefficient (Wildman–Crippen LogP) is 3.16. The Kier molecular flexibility index (Phi) is 3.76. The molecule has 0 heterocycles. The second-order valence-electron chi connectivity index (χ2n) is 2.71. The van der Waals surface area contributed by atoms with Gasteiger partial charge in [-0.2, -0.15) is 0 Å². The number of ether oxygens (including phenoxy) is 1. The first kappa shape index (κ1) is 9.75. The van der Waals surface area contributed by atoms with Crippen LogP contribution in [0.5, 0.6) is 0 Å². The van der Waals surface area contributed by atoms with Gasteiger partial charge in [0.1, 0.15) is 0 Å². The summed E-state index contributed by atoms with van der Waals surface area (Å²) in [6, 6.07) is 6.39. The SMILES string of the molecule is CCc1ccc(COC)c(Br)c1. The zero-order valence-electron chi connectivity index (χ0n) is 7.43. The minimum atomic E-state index is 0.671. The van der Waals surface area contributed by atoms with Crippen LogP contribution in [-0.4, -0.2) is 7.11 Å². The molecule has 0 bridgehead atoms. The minimum Gasteiger partial charge on any atom is -0.380 e. The molecule has 0 N–H and O–H groups in total. The van der Waals surface area contributed by atoms with Crippen LogP contribution in [0.3, 0.4) is 0 Å². The van der Waals surface area contributed by atoms with Crippen molar-refractivity contribution in [3.05, 3.63) is 33.8 Å². The van der Waals surface area contributed by atoms with Crippen molar-refractivity contribution in [2.75, 3.05) is 7.11 Å². The molecule has 12 heavy (non-hydrogen) atoms. The molecule has 0 aliphatic rings. The lowest BCUT2D eigenvalue weighted by Crippen LogP contribution is -1.90. The van der Waals surface area contributed by atoms with Crippen molar-refractivity contribution in [1.29, 1.82) is 0 Å². The zero-order chi connectivity index (χ0) is 8.97. The summed E-state index contributed by atoms with van der Waals surface area (Å²) in [5.74, 6) is 0. The summed E-state index contributed by atoms with van der Waals surface area (Å²) in [6.07, 6.45) is 1.08. The molecule has 66 valence electrons. The fourth-order valence-corrected chi connectivity index (χ4v) is 1.62. The van der Waals surface area contributed by atoms with Gasteiger partial charge in [-0.15, -0.1) is 0 Å². The van der Waals surface area contributed by atoms with Crippen LogP contribution in [0.25, 0.3) is 0 Å². The van der Waals surface area contributed by atoms with E-state index in [1.54, 1.807) is 7.11 Å². The second kappa shape index (κ2) is 4.63. The fraction of sp³-hybridized carbons (Fsp3) is 0.400. The van der Waals surface area contributed by atoms with Gasteiger partial charge in [0.2, 0.25) is 0 Å². The lowest BCUT2D eigenvalue weighted by Gasteiger charge is -2.04. The van der Waals surface area contributed by atoms with E-state index in [0.717, 1.165) is 10.9 Å². The molecule has 0 aromatic heterocycles. The van der Waals surface area contributed by atoms with Crippen molar-refractivity contribution in [2.45, 2.75) is 20.0 Å². The average Bonchev–Trinajstić information content (AvgIpc) is 2.09. The molecule has 0 saturated carbocycles. The molecular weight excluding hydrogens is 216 g/mol. The predicted molar refractivity (Wildman–Crippen MR) is 54.2 cm³/mol. The highest BCUT2D eigenvalue weighted by atomic mass is 79.9. The van der Waals surface area contributed by atoms with Crippen LogP contribution >= 0.6 is 15.9 Å². The van der Waals surface area contributed by atoms with E-state index in [1.165, 1.54) is 11.1 Å². The first-order valence-electron chi connectivity index (χ1n) is 4.04. The van der Waals surface area contributed by atoms with Gasteiger partial charge in [-0.05, 0) is 23.6 Å². The van der Waals surface area contributed by atoms with Crippen LogP contribution in [0.2, 0.25) is 0 Å². The molecule has 0 aliphatic carbocycles. The summed E-state index contributed by atoms with van der Waals surface area (Å²) in [5, 5.41) is 0. The topological polar surface area (TPSA) is 9.23 Å². The van der Waals surface area contributed by atoms with E-state index >= 15 is 0 Å². The Morgan fingerprint density at radius 3 is 2.67 bits per heavy atom. The van der Waals surface area contributed by atoms with Gasteiger partial charge in [-0.1, -0.05) is 35.0 Å². The number of aryl methyl sites for hydroxylation is 1. The second-order valence-corrected chi connectivity index (χ2v) is 3.57. The maximum atomic E-state index is 5.05. The maximum absolute atomic E-state index is 5.05. The van der Waals surface area contributed by atoms with E-state index in [1.807, 2.05) is 0 Å². The molecule has 1 aromatic carbocycles. The monoisotopic (exact) mass is 228 g/mol. The molecule has 0 amide bonds. The summed E-state index contributed by atoms with van der Waals surface area (Å²) in [6.45, 7) is 2.82. The van der Waals surface area contributed by atoms with Crippen LogP contribution in [0.1, 0.15) is 18.1 Å². The van der Waals surface area contributed by atoms with Crippen molar-refractivity contribution >= 4 is 15.9 Å². The number of rotatable bonds is 3. The highest BCUT2D eigenvalue weighted by Gasteiger charge is 1.99. The standard InChI is InChI=1S/C10H13BrO/c1-3-8-4-5-9(7-12-2)10(11)6-8/h4-6H,3,7H2,1-2H3. The Bertz CT molecular complexity index is 258. The Morgan fingerprint density at radius 1 is 1.42 bits per heavy atom. The Morgan fingerprint density at radius 2 is 2.17 bits per heavy atom. The molecule has 0 aliphatic heterocycles. The van der Waals surface area contributed by atoms with Crippen LogP contribution in [0.4, 0.5) is 0 Å². The van der Waals surface area contributed by atoms with Crippen molar-refractivity contribution in [3.63, 3.8) is 0 Å². The van der Waals surface area contributed by atoms with Gasteiger partial charge >= 0.3 is 0 Å². The number of benzene rings is 1. The van der Waals surface area contributed by atoms with Gasteiger partial charge in [0, 0.05) is 11.6 Å². The first-order valence-corrected chi connectivity index (χ1v) is 4.83. The summed E-state index contributed by atoms with van der Waals surface area (Å²) in [5.41, 5.74) is 2.55. The molecule has 1 aromatic rings. The van der Waals surface area contributed by atoms with Crippen LogP contribution in [-0.2, 0) is 17.8 Å². The lowest BCUT2D eigenvalue weighted by atomic mass is 10.1. The highest BCUT2D eigenvalue weighted by molar-refractivity contribution is 9.10. The summed E-state index contributed by atoms with van der Waals surface area (Å²) in [4.78, 5) is 0. The number of hydrogen-bond acceptors (Lipinski definition) is 1. The largest absolute Gasteiger partial charge is 0.380 e. The number of hydrogen-bond donors (Lipinski definition) is 0. The van der Waals surface area contributed by atoms with Crippen molar-refractivity contribution in [2.24, 2.45) is 0 Å². The summed E-state index contributed by atoms with van der Waals surface area (Å²) >= 11 is 3.51. The van der Waals surface area contributed by atoms with Gasteiger partial charge in [0.15, 0.2) is 0 Å². The quantitative estimate of drug-likeness (QED) is 0.773. The molecule has 2 heteroatoms. The smallest absolute Gasteiger partial charge is 0.0724 e. The van der Waals surface area contributed by atoms with E-state index in [-0.39, 0.29) is 0 Å². The third kappa shape index (κ3) is 2.32. The lowest BCUT2D eigenvalue weighted by molar-refractivity contribution is 0.184. The van der Waals surface area contributed by atoms with E-state index in [2.05, 4.69) is 41.1 Å². The normalized spacial score (nSPS) is 10.2. The molecule has 0 fully saturated rings. The molecule has 0 unspecified atom stereocenters. The van der Waals surface area contributed by atoms with Crippen LogP contribution < -0.4 is 0 Å². The van der Waals surface area contributed by atoms with Gasteiger partial charge < -0.3 is 4.74 Å². The Balaban J connectivity index is 2.87. The van der Waals surface area contributed by atoms with Gasteiger partial charge in [0.25, 0.3) is 0 Å². The molecule has 1 rings (SSSR count). The van der Waals surface area contributed by atoms with Crippen molar-refractivity contribution in [3.8, 4) is 0 Å². The minimum absolute atomic E-state index is 0.671. The Hall–Kier alpha value is -0.340. The van der Waals surface area contributed by atoms with E-state index in [9.17, 15) is 0 Å². The molecule has 0 atom stereocenters. The third-order valence-electron chi connectivity index (χ3n) is 1.83.